The highest BCUT2D eigenvalue weighted by Crippen LogP contribution is 2.32. The number of hydrogen-bond acceptors (Lipinski definition) is 4. The molecule has 5 heteroatoms. The average molecular weight is 378 g/mol. The summed E-state index contributed by atoms with van der Waals surface area (Å²) in [4.78, 5) is 29.5. The molecule has 5 rings (SSSR count). The van der Waals surface area contributed by atoms with Gasteiger partial charge in [0, 0.05) is 31.6 Å². The quantitative estimate of drug-likeness (QED) is 0.790. The van der Waals surface area contributed by atoms with Gasteiger partial charge < -0.3 is 4.74 Å². The summed E-state index contributed by atoms with van der Waals surface area (Å²) < 4.78 is 5.81. The van der Waals surface area contributed by atoms with E-state index < -0.39 is 6.09 Å². The zero-order valence-corrected chi connectivity index (χ0v) is 16.0. The van der Waals surface area contributed by atoms with Crippen LogP contribution in [-0.4, -0.2) is 47.7 Å². The van der Waals surface area contributed by atoms with E-state index >= 15 is 0 Å². The Balaban J connectivity index is 1.48. The van der Waals surface area contributed by atoms with Gasteiger partial charge in [0.15, 0.2) is 6.23 Å². The second-order valence-corrected chi connectivity index (χ2v) is 7.61. The Hall–Kier alpha value is -2.66. The van der Waals surface area contributed by atoms with Crippen molar-refractivity contribution in [2.45, 2.75) is 31.9 Å². The molecule has 3 aliphatic heterocycles. The first kappa shape index (κ1) is 18.7. The first-order valence-corrected chi connectivity index (χ1v) is 10.1. The topological polar surface area (TPSA) is 49.9 Å². The van der Waals surface area contributed by atoms with E-state index in [1.165, 1.54) is 17.7 Å². The lowest BCUT2D eigenvalue weighted by Gasteiger charge is -2.44. The summed E-state index contributed by atoms with van der Waals surface area (Å²) in [6.07, 6.45) is 3.08. The van der Waals surface area contributed by atoms with Crippen molar-refractivity contribution in [3.63, 3.8) is 0 Å². The van der Waals surface area contributed by atoms with E-state index in [0.717, 1.165) is 25.1 Å². The zero-order valence-electron chi connectivity index (χ0n) is 16.0. The maximum Gasteiger partial charge on any atom is 0.418 e. The number of nitrogens with zero attached hydrogens (tertiary/aromatic N) is 2. The molecule has 3 fully saturated rings. The molecule has 3 heterocycles. The number of hydrogen-bond donors (Lipinski definition) is 0. The van der Waals surface area contributed by atoms with Crippen LogP contribution in [-0.2, 0) is 11.2 Å². The molecule has 3 aliphatic rings. The molecule has 0 aliphatic carbocycles. The Morgan fingerprint density at radius 2 is 1.61 bits per heavy atom. The minimum Gasteiger partial charge on any atom is -0.430 e. The van der Waals surface area contributed by atoms with Crippen LogP contribution in [0.15, 0.2) is 60.7 Å². The lowest BCUT2D eigenvalue weighted by Crippen LogP contribution is -2.52. The number of carbonyl (C=O) groups excluding carboxylic acids is 2. The molecule has 0 saturated carbocycles. The number of piperidine rings is 3. The third-order valence-corrected chi connectivity index (χ3v) is 5.78. The molecule has 1 atom stereocenters. The normalized spacial score (nSPS) is 23.2. The fraction of sp³-hybridized carbons (Fsp3) is 0.391. The molecular formula is C23H26N2O3. The first-order chi connectivity index (χ1) is 13.7. The van der Waals surface area contributed by atoms with E-state index in [1.807, 2.05) is 36.4 Å². The van der Waals surface area contributed by atoms with Crippen molar-refractivity contribution in [3.05, 3.63) is 71.8 Å². The SMILES string of the molecule is O=C(O[C@@H]1CC2CCN1CC2)N(CCc1ccccc1)C(=O)c1ccccc1. The molecule has 0 radical (unpaired) electrons. The van der Waals surface area contributed by atoms with Gasteiger partial charge in [-0.1, -0.05) is 48.5 Å². The molecule has 2 bridgehead atoms. The van der Waals surface area contributed by atoms with E-state index in [4.69, 9.17) is 4.74 Å². The van der Waals surface area contributed by atoms with Crippen LogP contribution in [0.4, 0.5) is 4.79 Å². The van der Waals surface area contributed by atoms with Crippen LogP contribution in [0.25, 0.3) is 0 Å². The summed E-state index contributed by atoms with van der Waals surface area (Å²) >= 11 is 0. The minimum atomic E-state index is -0.540. The molecule has 146 valence electrons. The average Bonchev–Trinajstić information content (AvgIpc) is 2.76. The molecule has 0 N–H and O–H groups in total. The molecule has 0 spiro atoms. The summed E-state index contributed by atoms with van der Waals surface area (Å²) in [5, 5.41) is 0. The zero-order chi connectivity index (χ0) is 19.3. The van der Waals surface area contributed by atoms with Gasteiger partial charge in [-0.2, -0.15) is 0 Å². The van der Waals surface area contributed by atoms with Gasteiger partial charge >= 0.3 is 6.09 Å². The van der Waals surface area contributed by atoms with Gasteiger partial charge in [-0.15, -0.1) is 0 Å². The third-order valence-electron chi connectivity index (χ3n) is 5.78. The third kappa shape index (κ3) is 4.25. The number of rotatable bonds is 5. The van der Waals surface area contributed by atoms with Crippen LogP contribution < -0.4 is 0 Å². The van der Waals surface area contributed by atoms with Crippen molar-refractivity contribution in [2.75, 3.05) is 19.6 Å². The van der Waals surface area contributed by atoms with Crippen molar-refractivity contribution in [3.8, 4) is 0 Å². The fourth-order valence-corrected chi connectivity index (χ4v) is 4.11. The number of fused-ring (bicyclic) bond motifs is 3. The summed E-state index contributed by atoms with van der Waals surface area (Å²) in [6, 6.07) is 18.8. The molecule has 2 amide bonds. The van der Waals surface area contributed by atoms with Crippen LogP contribution >= 0.6 is 0 Å². The first-order valence-electron chi connectivity index (χ1n) is 10.1. The van der Waals surface area contributed by atoms with Crippen LogP contribution in [0, 0.1) is 5.92 Å². The summed E-state index contributed by atoms with van der Waals surface area (Å²) in [5.41, 5.74) is 1.58. The fourth-order valence-electron chi connectivity index (χ4n) is 4.11. The molecular weight excluding hydrogens is 352 g/mol. The minimum absolute atomic E-state index is 0.206. The van der Waals surface area contributed by atoms with E-state index in [-0.39, 0.29) is 12.1 Å². The van der Waals surface area contributed by atoms with Crippen LogP contribution in [0.1, 0.15) is 35.2 Å². The maximum absolute atomic E-state index is 13.0. The van der Waals surface area contributed by atoms with Gasteiger partial charge in [-0.05, 0) is 42.9 Å². The van der Waals surface area contributed by atoms with Gasteiger partial charge in [-0.25, -0.2) is 9.69 Å². The lowest BCUT2D eigenvalue weighted by atomic mass is 9.87. The number of imide groups is 1. The second-order valence-electron chi connectivity index (χ2n) is 7.61. The summed E-state index contributed by atoms with van der Waals surface area (Å²) in [5.74, 6) is 0.322. The Morgan fingerprint density at radius 3 is 2.21 bits per heavy atom. The molecule has 0 unspecified atom stereocenters. The van der Waals surface area contributed by atoms with Gasteiger partial charge in [0.25, 0.3) is 5.91 Å². The predicted octanol–water partition coefficient (Wildman–Crippen LogP) is 3.95. The predicted molar refractivity (Wildman–Crippen MR) is 107 cm³/mol. The van der Waals surface area contributed by atoms with E-state index in [2.05, 4.69) is 4.90 Å². The van der Waals surface area contributed by atoms with Crippen molar-refractivity contribution >= 4 is 12.0 Å². The molecule has 0 aromatic heterocycles. The van der Waals surface area contributed by atoms with Crippen LogP contribution in [0.5, 0.6) is 0 Å². The maximum atomic E-state index is 13.0. The number of benzene rings is 2. The van der Waals surface area contributed by atoms with Crippen LogP contribution in [0.3, 0.4) is 0 Å². The van der Waals surface area contributed by atoms with Gasteiger partial charge in [0.1, 0.15) is 0 Å². The smallest absolute Gasteiger partial charge is 0.418 e. The van der Waals surface area contributed by atoms with Crippen molar-refractivity contribution < 1.29 is 14.3 Å². The highest BCUT2D eigenvalue weighted by molar-refractivity contribution is 6.02. The Morgan fingerprint density at radius 1 is 0.964 bits per heavy atom. The van der Waals surface area contributed by atoms with E-state index in [1.54, 1.807) is 24.3 Å². The molecule has 5 nitrogen and oxygen atoms in total. The summed E-state index contributed by atoms with van der Waals surface area (Å²) in [7, 11) is 0. The highest BCUT2D eigenvalue weighted by Gasteiger charge is 2.37. The highest BCUT2D eigenvalue weighted by atomic mass is 16.6. The Labute approximate surface area is 165 Å². The largest absolute Gasteiger partial charge is 0.430 e. The number of carbonyl (C=O) groups is 2. The van der Waals surface area contributed by atoms with Gasteiger partial charge in [0.05, 0.1) is 0 Å². The van der Waals surface area contributed by atoms with Crippen molar-refractivity contribution in [1.82, 2.24) is 9.80 Å². The van der Waals surface area contributed by atoms with Crippen molar-refractivity contribution in [2.24, 2.45) is 5.92 Å². The number of ether oxygens (including phenoxy) is 1. The van der Waals surface area contributed by atoms with Gasteiger partial charge in [-0.3, -0.25) is 9.69 Å². The lowest BCUT2D eigenvalue weighted by molar-refractivity contribution is -0.0890. The van der Waals surface area contributed by atoms with E-state index in [0.29, 0.717) is 24.4 Å². The van der Waals surface area contributed by atoms with Crippen molar-refractivity contribution in [1.29, 1.82) is 0 Å². The van der Waals surface area contributed by atoms with Gasteiger partial charge in [0.2, 0.25) is 0 Å². The number of amides is 2. The molecule has 2 aromatic carbocycles. The molecule has 2 aromatic rings. The standard InChI is InChI=1S/C23H26N2O3/c26-22(20-9-5-2-6-10-20)25(16-13-18-7-3-1-4-8-18)23(27)28-21-17-19-11-14-24(21)15-12-19/h1-10,19,21H,11-17H2/t21-/m1/s1. The second kappa shape index (κ2) is 8.57. The van der Waals surface area contributed by atoms with Crippen LogP contribution in [0.2, 0.25) is 0 Å². The summed E-state index contributed by atoms with van der Waals surface area (Å²) in [6.45, 7) is 2.24. The Bertz CT molecular complexity index is 801. The van der Waals surface area contributed by atoms with E-state index in [9.17, 15) is 9.59 Å². The Kier molecular flexibility index (Phi) is 5.72. The molecule has 28 heavy (non-hydrogen) atoms. The molecule has 3 saturated heterocycles. The monoisotopic (exact) mass is 378 g/mol.